The number of hydrogen-bond donors (Lipinski definition) is 0. The van der Waals surface area contributed by atoms with Crippen molar-refractivity contribution in [1.82, 2.24) is 0 Å². The van der Waals surface area contributed by atoms with Crippen LogP contribution in [0.4, 0.5) is 0 Å². The van der Waals surface area contributed by atoms with Gasteiger partial charge in [0.1, 0.15) is 11.5 Å². The molecule has 2 aromatic rings. The summed E-state index contributed by atoms with van der Waals surface area (Å²) in [6.45, 7) is 0. The fourth-order valence-electron chi connectivity index (χ4n) is 1.97. The van der Waals surface area contributed by atoms with Crippen molar-refractivity contribution in [1.29, 1.82) is 0 Å². The van der Waals surface area contributed by atoms with Gasteiger partial charge in [0, 0.05) is 0 Å². The first-order valence-corrected chi connectivity index (χ1v) is 6.73. The Morgan fingerprint density at radius 2 is 1.95 bits per heavy atom. The molecule has 0 radical (unpaired) electrons. The molecule has 1 heterocycles. The third kappa shape index (κ3) is 2.31. The van der Waals surface area contributed by atoms with Gasteiger partial charge >= 0.3 is 5.97 Å². The summed E-state index contributed by atoms with van der Waals surface area (Å²) in [5, 5.41) is 0. The molecule has 0 amide bonds. The number of methoxy groups -OCH3 is 1. The smallest absolute Gasteiger partial charge is 0.310 e. The second kappa shape index (κ2) is 4.97. The highest BCUT2D eigenvalue weighted by Gasteiger charge is 2.21. The molecule has 1 aliphatic heterocycles. The number of esters is 1. The van der Waals surface area contributed by atoms with Crippen molar-refractivity contribution in [2.75, 3.05) is 7.11 Å². The minimum absolute atomic E-state index is 0.243. The highest BCUT2D eigenvalue weighted by Crippen LogP contribution is 2.48. The Labute approximate surface area is 115 Å². The zero-order valence-electron chi connectivity index (χ0n) is 10.4. The molecule has 3 rings (SSSR count). The normalized spacial score (nSPS) is 12.1. The third-order valence-corrected chi connectivity index (χ3v) is 4.13. The van der Waals surface area contributed by atoms with Gasteiger partial charge in [-0.2, -0.15) is 0 Å². The van der Waals surface area contributed by atoms with E-state index < -0.39 is 0 Å². The molecule has 4 heteroatoms. The molecule has 0 saturated heterocycles. The van der Waals surface area contributed by atoms with Crippen LogP contribution in [0.3, 0.4) is 0 Å². The molecule has 0 unspecified atom stereocenters. The summed E-state index contributed by atoms with van der Waals surface area (Å²) in [7, 11) is 1.40. The number of carbonyl (C=O) groups is 1. The van der Waals surface area contributed by atoms with E-state index in [2.05, 4.69) is 0 Å². The maximum Gasteiger partial charge on any atom is 0.310 e. The summed E-state index contributed by atoms with van der Waals surface area (Å²) < 4.78 is 10.6. The lowest BCUT2D eigenvalue weighted by atomic mass is 10.1. The van der Waals surface area contributed by atoms with Crippen molar-refractivity contribution in [3.8, 4) is 11.5 Å². The predicted molar refractivity (Wildman–Crippen MR) is 72.8 cm³/mol. The lowest BCUT2D eigenvalue weighted by molar-refractivity contribution is -0.139. The lowest BCUT2D eigenvalue weighted by Crippen LogP contribution is -2.07. The number of ether oxygens (including phenoxy) is 2. The number of rotatable bonds is 2. The monoisotopic (exact) mass is 272 g/mol. The van der Waals surface area contributed by atoms with Crippen LogP contribution < -0.4 is 4.74 Å². The molecule has 1 aliphatic rings. The van der Waals surface area contributed by atoms with Gasteiger partial charge in [-0.25, -0.2) is 0 Å². The van der Waals surface area contributed by atoms with Crippen LogP contribution in [0.15, 0.2) is 52.3 Å². The van der Waals surface area contributed by atoms with Crippen molar-refractivity contribution in [3.63, 3.8) is 0 Å². The highest BCUT2D eigenvalue weighted by molar-refractivity contribution is 7.99. The quantitative estimate of drug-likeness (QED) is 0.667. The summed E-state index contributed by atoms with van der Waals surface area (Å²) in [6.07, 6.45) is 0.262. The second-order valence-corrected chi connectivity index (χ2v) is 5.20. The summed E-state index contributed by atoms with van der Waals surface area (Å²) in [6, 6.07) is 13.6. The Bertz CT molecular complexity index is 637. The van der Waals surface area contributed by atoms with Gasteiger partial charge in [-0.1, -0.05) is 36.0 Å². The molecule has 0 bridgehead atoms. The first kappa shape index (κ1) is 12.1. The summed E-state index contributed by atoms with van der Waals surface area (Å²) in [5.74, 6) is 1.41. The van der Waals surface area contributed by atoms with Crippen LogP contribution >= 0.6 is 11.8 Å². The van der Waals surface area contributed by atoms with Gasteiger partial charge in [0.2, 0.25) is 0 Å². The predicted octanol–water partition coefficient (Wildman–Crippen LogP) is 3.66. The number of hydrogen-bond acceptors (Lipinski definition) is 4. The van der Waals surface area contributed by atoms with Crippen molar-refractivity contribution < 1.29 is 14.3 Å². The Kier molecular flexibility index (Phi) is 3.17. The van der Waals surface area contributed by atoms with Crippen LogP contribution in [0.25, 0.3) is 0 Å². The zero-order chi connectivity index (χ0) is 13.2. The van der Waals surface area contributed by atoms with Gasteiger partial charge in [0.25, 0.3) is 0 Å². The van der Waals surface area contributed by atoms with Crippen LogP contribution in [-0.4, -0.2) is 13.1 Å². The van der Waals surface area contributed by atoms with Gasteiger partial charge in [-0.3, -0.25) is 4.79 Å². The summed E-state index contributed by atoms with van der Waals surface area (Å²) in [4.78, 5) is 13.5. The Hall–Kier alpha value is -1.94. The van der Waals surface area contributed by atoms with E-state index in [0.717, 1.165) is 26.9 Å². The molecule has 19 heavy (non-hydrogen) atoms. The van der Waals surface area contributed by atoms with E-state index in [4.69, 9.17) is 9.47 Å². The Morgan fingerprint density at radius 1 is 1.16 bits per heavy atom. The Morgan fingerprint density at radius 3 is 2.79 bits per heavy atom. The lowest BCUT2D eigenvalue weighted by Gasteiger charge is -2.21. The molecular formula is C15H12O3S. The maximum absolute atomic E-state index is 11.4. The molecule has 2 aromatic carbocycles. The van der Waals surface area contributed by atoms with E-state index in [1.54, 1.807) is 11.8 Å². The number of fused-ring (bicyclic) bond motifs is 2. The topological polar surface area (TPSA) is 35.5 Å². The van der Waals surface area contributed by atoms with Crippen molar-refractivity contribution in [2.45, 2.75) is 16.2 Å². The molecule has 0 saturated carbocycles. The van der Waals surface area contributed by atoms with Crippen LogP contribution in [0, 0.1) is 0 Å². The van der Waals surface area contributed by atoms with E-state index in [9.17, 15) is 4.79 Å². The number of benzene rings is 2. The van der Waals surface area contributed by atoms with Gasteiger partial charge < -0.3 is 9.47 Å². The van der Waals surface area contributed by atoms with Crippen LogP contribution in [-0.2, 0) is 16.0 Å². The molecule has 3 nitrogen and oxygen atoms in total. The van der Waals surface area contributed by atoms with Gasteiger partial charge in [0.15, 0.2) is 0 Å². The number of para-hydroxylation sites is 1. The molecule has 0 aliphatic carbocycles. The first-order chi connectivity index (χ1) is 9.28. The average molecular weight is 272 g/mol. The Balaban J connectivity index is 1.99. The second-order valence-electron chi connectivity index (χ2n) is 4.15. The van der Waals surface area contributed by atoms with Crippen molar-refractivity contribution >= 4 is 17.7 Å². The fourth-order valence-corrected chi connectivity index (χ4v) is 3.03. The molecule has 0 fully saturated rings. The molecule has 0 aromatic heterocycles. The minimum atomic E-state index is -0.243. The highest BCUT2D eigenvalue weighted by atomic mass is 32.2. The average Bonchev–Trinajstić information content (AvgIpc) is 2.45. The summed E-state index contributed by atoms with van der Waals surface area (Å²) >= 11 is 1.63. The fraction of sp³-hybridized carbons (Fsp3) is 0.133. The molecule has 0 atom stereocenters. The van der Waals surface area contributed by atoms with E-state index in [-0.39, 0.29) is 12.4 Å². The van der Waals surface area contributed by atoms with E-state index in [1.165, 1.54) is 7.11 Å². The van der Waals surface area contributed by atoms with E-state index in [0.29, 0.717) is 0 Å². The summed E-state index contributed by atoms with van der Waals surface area (Å²) in [5.41, 5.74) is 0.934. The standard InChI is InChI=1S/C15H12O3S/c1-17-14(16)9-10-5-4-7-12-15(10)19-13-8-3-2-6-11(13)18-12/h2-8H,9H2,1H3. The minimum Gasteiger partial charge on any atom is -0.469 e. The van der Waals surface area contributed by atoms with Crippen molar-refractivity contribution in [2.24, 2.45) is 0 Å². The molecule has 0 spiro atoms. The van der Waals surface area contributed by atoms with Gasteiger partial charge in [-0.15, -0.1) is 0 Å². The van der Waals surface area contributed by atoms with E-state index >= 15 is 0 Å². The van der Waals surface area contributed by atoms with Gasteiger partial charge in [-0.05, 0) is 23.8 Å². The third-order valence-electron chi connectivity index (χ3n) is 2.90. The molecule has 96 valence electrons. The van der Waals surface area contributed by atoms with Crippen LogP contribution in [0.2, 0.25) is 0 Å². The molecule has 0 N–H and O–H groups in total. The SMILES string of the molecule is COC(=O)Cc1cccc2c1Sc1ccccc1O2. The molecular weight excluding hydrogens is 260 g/mol. The van der Waals surface area contributed by atoms with Crippen LogP contribution in [0.1, 0.15) is 5.56 Å². The maximum atomic E-state index is 11.4. The van der Waals surface area contributed by atoms with Gasteiger partial charge in [0.05, 0.1) is 23.3 Å². The first-order valence-electron chi connectivity index (χ1n) is 5.91. The number of carbonyl (C=O) groups excluding carboxylic acids is 1. The van der Waals surface area contributed by atoms with Crippen LogP contribution in [0.5, 0.6) is 11.5 Å². The largest absolute Gasteiger partial charge is 0.469 e. The van der Waals surface area contributed by atoms with E-state index in [1.807, 2.05) is 42.5 Å². The zero-order valence-corrected chi connectivity index (χ0v) is 11.2. The van der Waals surface area contributed by atoms with Crippen molar-refractivity contribution in [3.05, 3.63) is 48.0 Å².